The Morgan fingerprint density at radius 1 is 0.731 bits per heavy atom. The molecule has 4 rings (SSSR count). The molecule has 260 valence electrons. The van der Waals surface area contributed by atoms with Gasteiger partial charge in [0.15, 0.2) is 0 Å². The third-order valence-electron chi connectivity index (χ3n) is 6.94. The normalized spacial score (nSPS) is 10.1. The molecule has 0 aromatic heterocycles. The molecule has 8 nitrogen and oxygen atoms in total. The molecular formula is C43H34O8S. The molecule has 52 heavy (non-hydrogen) atoms. The van der Waals surface area contributed by atoms with Crippen LogP contribution in [0.5, 0.6) is 5.75 Å². The predicted molar refractivity (Wildman–Crippen MR) is 200 cm³/mol. The van der Waals surface area contributed by atoms with E-state index in [0.717, 1.165) is 44.9 Å². The first-order valence-corrected chi connectivity index (χ1v) is 16.9. The summed E-state index contributed by atoms with van der Waals surface area (Å²) in [5.41, 5.74) is 5.06. The monoisotopic (exact) mass is 710 g/mol. The maximum atomic E-state index is 12.6. The van der Waals surface area contributed by atoms with E-state index in [1.165, 1.54) is 7.11 Å². The van der Waals surface area contributed by atoms with E-state index >= 15 is 0 Å². The summed E-state index contributed by atoms with van der Waals surface area (Å²) in [5.74, 6) is 11.1. The number of thioether (sulfide) groups is 1. The molecule has 0 heterocycles. The minimum absolute atomic E-state index is 0.0519. The van der Waals surface area contributed by atoms with Gasteiger partial charge in [0.05, 0.1) is 13.5 Å². The highest BCUT2D eigenvalue weighted by atomic mass is 32.2. The minimum Gasteiger partial charge on any atom is -0.488 e. The van der Waals surface area contributed by atoms with Crippen molar-refractivity contribution in [2.24, 2.45) is 0 Å². The number of ether oxygens (including phenoxy) is 4. The van der Waals surface area contributed by atoms with E-state index in [-0.39, 0.29) is 18.6 Å². The highest BCUT2D eigenvalue weighted by Gasteiger charge is 2.14. The van der Waals surface area contributed by atoms with Gasteiger partial charge in [0, 0.05) is 45.1 Å². The second-order valence-electron chi connectivity index (χ2n) is 10.7. The number of methoxy groups -OCH3 is 1. The topological polar surface area (TPSA) is 105 Å². The molecule has 0 aliphatic heterocycles. The summed E-state index contributed by atoms with van der Waals surface area (Å²) in [6, 6.07) is 27.9. The Bertz CT molecular complexity index is 2070. The average Bonchev–Trinajstić information content (AvgIpc) is 3.18. The summed E-state index contributed by atoms with van der Waals surface area (Å²) in [4.78, 5) is 47.5. The van der Waals surface area contributed by atoms with Gasteiger partial charge in [-0.3, -0.25) is 4.79 Å². The van der Waals surface area contributed by atoms with Crippen LogP contribution in [-0.4, -0.2) is 43.3 Å². The van der Waals surface area contributed by atoms with Crippen LogP contribution in [0.3, 0.4) is 0 Å². The largest absolute Gasteiger partial charge is 0.488 e. The highest BCUT2D eigenvalue weighted by molar-refractivity contribution is 7.99. The molecule has 4 aromatic carbocycles. The zero-order chi connectivity index (χ0) is 37.1. The average molecular weight is 711 g/mol. The lowest BCUT2D eigenvalue weighted by atomic mass is 10.1. The summed E-state index contributed by atoms with van der Waals surface area (Å²) in [5, 5.41) is 0. The Hall–Kier alpha value is -6.55. The van der Waals surface area contributed by atoms with Crippen molar-refractivity contribution in [3.05, 3.63) is 161 Å². The van der Waals surface area contributed by atoms with Crippen molar-refractivity contribution < 1.29 is 38.1 Å². The van der Waals surface area contributed by atoms with Gasteiger partial charge in [0.2, 0.25) is 0 Å². The Morgan fingerprint density at radius 3 is 1.92 bits per heavy atom. The lowest BCUT2D eigenvalue weighted by Gasteiger charge is -2.11. The van der Waals surface area contributed by atoms with Crippen molar-refractivity contribution in [3.63, 3.8) is 0 Å². The molecule has 0 saturated carbocycles. The van der Waals surface area contributed by atoms with Crippen molar-refractivity contribution in [2.45, 2.75) is 17.9 Å². The molecular weight excluding hydrogens is 677 g/mol. The van der Waals surface area contributed by atoms with E-state index in [0.29, 0.717) is 23.7 Å². The fourth-order valence-electron chi connectivity index (χ4n) is 4.30. The molecule has 0 radical (unpaired) electrons. The van der Waals surface area contributed by atoms with E-state index < -0.39 is 23.9 Å². The molecule has 0 atom stereocenters. The van der Waals surface area contributed by atoms with Crippen LogP contribution >= 0.6 is 11.8 Å². The smallest absolute Gasteiger partial charge is 0.341 e. The van der Waals surface area contributed by atoms with E-state index in [4.69, 9.17) is 14.2 Å². The summed E-state index contributed by atoms with van der Waals surface area (Å²) < 4.78 is 20.5. The van der Waals surface area contributed by atoms with E-state index in [2.05, 4.69) is 41.6 Å². The first-order chi connectivity index (χ1) is 25.3. The Labute approximate surface area is 307 Å². The lowest BCUT2D eigenvalue weighted by Crippen LogP contribution is -2.08. The Morgan fingerprint density at radius 2 is 1.31 bits per heavy atom. The van der Waals surface area contributed by atoms with E-state index in [1.807, 2.05) is 72.8 Å². The molecule has 0 aliphatic carbocycles. The van der Waals surface area contributed by atoms with Crippen LogP contribution in [0.4, 0.5) is 0 Å². The number of esters is 4. The highest BCUT2D eigenvalue weighted by Crippen LogP contribution is 2.23. The van der Waals surface area contributed by atoms with Gasteiger partial charge in [0.25, 0.3) is 0 Å². The third-order valence-corrected chi connectivity index (χ3v) is 7.92. The van der Waals surface area contributed by atoms with Gasteiger partial charge in [-0.15, -0.1) is 11.8 Å². The van der Waals surface area contributed by atoms with E-state index in [9.17, 15) is 19.2 Å². The van der Waals surface area contributed by atoms with Gasteiger partial charge in [-0.25, -0.2) is 14.4 Å². The van der Waals surface area contributed by atoms with Crippen molar-refractivity contribution in [3.8, 4) is 29.4 Å². The van der Waals surface area contributed by atoms with Crippen LogP contribution in [-0.2, 0) is 35.2 Å². The van der Waals surface area contributed by atoms with Crippen molar-refractivity contribution in [2.75, 3.05) is 19.5 Å². The standard InChI is InChI=1S/C43H34O8S/c1-4-40(44)49-27-28-52-37-24-21-34(22-25-37)14-13-33-16-19-36(20-17-33)30-50-39-26-23-35(29-38(39)43(47)48-3)18-15-32-11-9-31(10-12-32)7-6-8-42(46)51-41(45)5-2/h4-7,9-12,16-17,19-26,29H,1-2,8,27-28,30H2,3H3/b7-6+. The van der Waals surface area contributed by atoms with Gasteiger partial charge in [-0.1, -0.05) is 73.3 Å². The molecule has 0 amide bonds. The maximum Gasteiger partial charge on any atom is 0.341 e. The minimum atomic E-state index is -0.786. The van der Waals surface area contributed by atoms with Crippen molar-refractivity contribution >= 4 is 41.7 Å². The number of hydrogen-bond donors (Lipinski definition) is 0. The lowest BCUT2D eigenvalue weighted by molar-refractivity contribution is -0.155. The fourth-order valence-corrected chi connectivity index (χ4v) is 5.03. The fraction of sp³-hybridized carbons (Fsp3) is 0.116. The Kier molecular flexibility index (Phi) is 14.9. The molecule has 0 spiro atoms. The molecule has 9 heteroatoms. The first kappa shape index (κ1) is 38.3. The molecule has 0 unspecified atom stereocenters. The van der Waals surface area contributed by atoms with E-state index in [1.54, 1.807) is 42.1 Å². The zero-order valence-electron chi connectivity index (χ0n) is 28.4. The molecule has 0 aliphatic rings. The second-order valence-corrected chi connectivity index (χ2v) is 11.8. The van der Waals surface area contributed by atoms with Crippen LogP contribution in [0.2, 0.25) is 0 Å². The summed E-state index contributed by atoms with van der Waals surface area (Å²) in [7, 11) is 1.31. The number of carbonyl (C=O) groups is 4. The van der Waals surface area contributed by atoms with Crippen LogP contribution in [0.1, 0.15) is 50.2 Å². The summed E-state index contributed by atoms with van der Waals surface area (Å²) >= 11 is 1.59. The molecule has 0 N–H and O–H groups in total. The van der Waals surface area contributed by atoms with Gasteiger partial charge in [0.1, 0.15) is 24.5 Å². The maximum absolute atomic E-state index is 12.6. The van der Waals surface area contributed by atoms with Crippen molar-refractivity contribution in [1.29, 1.82) is 0 Å². The number of carbonyl (C=O) groups excluding carboxylic acids is 4. The molecule has 0 fully saturated rings. The number of hydrogen-bond acceptors (Lipinski definition) is 9. The molecule has 0 bridgehead atoms. The van der Waals surface area contributed by atoms with Crippen LogP contribution in [0.15, 0.2) is 127 Å². The van der Waals surface area contributed by atoms with Gasteiger partial charge >= 0.3 is 23.9 Å². The first-order valence-electron chi connectivity index (χ1n) is 15.9. The number of benzene rings is 4. The molecule has 4 aromatic rings. The third kappa shape index (κ3) is 12.7. The Balaban J connectivity index is 1.31. The van der Waals surface area contributed by atoms with Crippen molar-refractivity contribution in [1.82, 2.24) is 0 Å². The quantitative estimate of drug-likeness (QED) is 0.0268. The SMILES string of the molecule is C=CC(=O)OCCSc1ccc(C#Cc2ccc(COc3ccc(C#Cc4ccc(/C=C/CC(=O)OC(=O)C=C)cc4)cc3C(=O)OC)cc2)cc1. The second kappa shape index (κ2) is 20.2. The van der Waals surface area contributed by atoms with Gasteiger partial charge in [-0.2, -0.15) is 0 Å². The van der Waals surface area contributed by atoms with Gasteiger partial charge < -0.3 is 18.9 Å². The number of rotatable bonds is 13. The van der Waals surface area contributed by atoms with Crippen LogP contribution in [0.25, 0.3) is 6.08 Å². The zero-order valence-corrected chi connectivity index (χ0v) is 29.2. The van der Waals surface area contributed by atoms with Crippen LogP contribution < -0.4 is 4.74 Å². The van der Waals surface area contributed by atoms with Gasteiger partial charge in [-0.05, 0) is 77.9 Å². The van der Waals surface area contributed by atoms with Crippen LogP contribution in [0, 0.1) is 23.7 Å². The summed E-state index contributed by atoms with van der Waals surface area (Å²) in [6.45, 7) is 7.17. The molecule has 0 saturated heterocycles. The predicted octanol–water partition coefficient (Wildman–Crippen LogP) is 7.33. The summed E-state index contributed by atoms with van der Waals surface area (Å²) in [6.07, 6.45) is 5.36.